The zero-order valence-electron chi connectivity index (χ0n) is 12.6. The number of nitriles is 1. The molecule has 0 saturated heterocycles. The van der Waals surface area contributed by atoms with Gasteiger partial charge in [-0.05, 0) is 43.3 Å². The van der Waals surface area contributed by atoms with Crippen molar-refractivity contribution in [2.45, 2.75) is 20.1 Å². The number of halogens is 3. The van der Waals surface area contributed by atoms with Gasteiger partial charge in [0.1, 0.15) is 11.8 Å². The lowest BCUT2D eigenvalue weighted by atomic mass is 10.1. The van der Waals surface area contributed by atoms with Crippen LogP contribution in [-0.4, -0.2) is 12.4 Å². The number of nitrogens with zero attached hydrogens (tertiary/aromatic N) is 1. The summed E-state index contributed by atoms with van der Waals surface area (Å²) in [6.07, 6.45) is 0. The number of alkyl halides is 2. The minimum Gasteiger partial charge on any atom is -0.434 e. The summed E-state index contributed by atoms with van der Waals surface area (Å²) in [7, 11) is 0. The second-order valence-electron chi connectivity index (χ2n) is 4.91. The number of hydrogen-bond donors (Lipinski definition) is 1. The van der Waals surface area contributed by atoms with Gasteiger partial charge in [-0.1, -0.05) is 15.9 Å². The highest BCUT2D eigenvalue weighted by molar-refractivity contribution is 9.10. The minimum atomic E-state index is -2.93. The van der Waals surface area contributed by atoms with E-state index in [9.17, 15) is 13.6 Å². The molecule has 0 radical (unpaired) electrons. The van der Waals surface area contributed by atoms with Crippen molar-refractivity contribution in [2.75, 3.05) is 5.32 Å². The fraction of sp³-hybridized carbons (Fsp3) is 0.176. The Balaban J connectivity index is 2.28. The van der Waals surface area contributed by atoms with Crippen LogP contribution in [0.2, 0.25) is 0 Å². The van der Waals surface area contributed by atoms with E-state index in [2.05, 4.69) is 26.0 Å². The molecule has 2 aromatic carbocycles. The van der Waals surface area contributed by atoms with Crippen molar-refractivity contribution in [3.63, 3.8) is 0 Å². The van der Waals surface area contributed by atoms with Gasteiger partial charge in [0.2, 0.25) is 0 Å². The number of anilines is 1. The van der Waals surface area contributed by atoms with E-state index < -0.39 is 6.61 Å². The molecular weight excluding hydrogens is 382 g/mol. The molecule has 0 atom stereocenters. The molecule has 0 bridgehead atoms. The number of rotatable bonds is 6. The van der Waals surface area contributed by atoms with Gasteiger partial charge >= 0.3 is 6.61 Å². The normalized spacial score (nSPS) is 10.3. The molecule has 0 amide bonds. The number of ketones is 1. The highest BCUT2D eigenvalue weighted by Gasteiger charge is 2.12. The van der Waals surface area contributed by atoms with Gasteiger partial charge in [0, 0.05) is 22.1 Å². The maximum Gasteiger partial charge on any atom is 0.387 e. The Morgan fingerprint density at radius 3 is 2.71 bits per heavy atom. The zero-order valence-corrected chi connectivity index (χ0v) is 14.2. The summed E-state index contributed by atoms with van der Waals surface area (Å²) in [6.45, 7) is -1.35. The quantitative estimate of drug-likeness (QED) is 0.718. The second-order valence-corrected chi connectivity index (χ2v) is 5.83. The molecule has 0 saturated carbocycles. The summed E-state index contributed by atoms with van der Waals surface area (Å²) < 4.78 is 30.2. The van der Waals surface area contributed by atoms with Gasteiger partial charge in [-0.3, -0.25) is 4.79 Å². The lowest BCUT2D eigenvalue weighted by molar-refractivity contribution is -0.0504. The maximum atomic E-state index is 12.5. The van der Waals surface area contributed by atoms with E-state index in [1.807, 2.05) is 6.07 Å². The van der Waals surface area contributed by atoms with Crippen LogP contribution in [0.15, 0.2) is 40.9 Å². The Morgan fingerprint density at radius 1 is 1.33 bits per heavy atom. The number of carbonyl (C=O) groups excluding carboxylic acids is 1. The molecule has 124 valence electrons. The van der Waals surface area contributed by atoms with Crippen molar-refractivity contribution in [1.29, 1.82) is 5.26 Å². The van der Waals surface area contributed by atoms with Gasteiger partial charge in [0.25, 0.3) is 0 Å². The van der Waals surface area contributed by atoms with E-state index in [1.54, 1.807) is 24.3 Å². The van der Waals surface area contributed by atoms with Gasteiger partial charge in [-0.15, -0.1) is 0 Å². The molecule has 0 spiro atoms. The molecule has 0 aliphatic heterocycles. The van der Waals surface area contributed by atoms with Gasteiger partial charge in [0.05, 0.1) is 11.3 Å². The summed E-state index contributed by atoms with van der Waals surface area (Å²) in [4.78, 5) is 11.5. The molecule has 0 unspecified atom stereocenters. The summed E-state index contributed by atoms with van der Waals surface area (Å²) >= 11 is 3.28. The number of Topliss-reactive ketones (excluding diaryl/α,β-unsaturated/α-hetero) is 1. The molecule has 0 aliphatic rings. The average Bonchev–Trinajstić information content (AvgIpc) is 2.54. The smallest absolute Gasteiger partial charge is 0.387 e. The number of nitrogens with one attached hydrogen (secondary N) is 1. The Labute approximate surface area is 146 Å². The molecule has 0 aromatic heterocycles. The average molecular weight is 395 g/mol. The van der Waals surface area contributed by atoms with E-state index in [0.717, 1.165) is 0 Å². The van der Waals surface area contributed by atoms with Crippen LogP contribution in [0.3, 0.4) is 0 Å². The predicted molar refractivity (Wildman–Crippen MR) is 89.3 cm³/mol. The number of ether oxygens (including phenoxy) is 1. The predicted octanol–water partition coefficient (Wildman–Crippen LogP) is 4.74. The first-order chi connectivity index (χ1) is 11.4. The molecule has 2 rings (SSSR count). The van der Waals surface area contributed by atoms with Gasteiger partial charge in [-0.25, -0.2) is 0 Å². The van der Waals surface area contributed by atoms with Crippen LogP contribution in [0, 0.1) is 11.3 Å². The molecule has 1 N–H and O–H groups in total. The third-order valence-corrected chi connectivity index (χ3v) is 3.75. The van der Waals surface area contributed by atoms with Gasteiger partial charge in [0.15, 0.2) is 5.78 Å². The zero-order chi connectivity index (χ0) is 17.7. The number of carbonyl (C=O) groups is 1. The Morgan fingerprint density at radius 2 is 2.08 bits per heavy atom. The summed E-state index contributed by atoms with van der Waals surface area (Å²) in [5, 5.41) is 12.2. The topological polar surface area (TPSA) is 62.1 Å². The van der Waals surface area contributed by atoms with E-state index >= 15 is 0 Å². The van der Waals surface area contributed by atoms with Crippen LogP contribution < -0.4 is 10.1 Å². The Bertz CT molecular complexity index is 804. The summed E-state index contributed by atoms with van der Waals surface area (Å²) in [5.74, 6) is -0.0892. The van der Waals surface area contributed by atoms with Crippen LogP contribution in [0.25, 0.3) is 0 Å². The monoisotopic (exact) mass is 394 g/mol. The van der Waals surface area contributed by atoms with Crippen molar-refractivity contribution < 1.29 is 18.3 Å². The van der Waals surface area contributed by atoms with Crippen LogP contribution >= 0.6 is 15.9 Å². The van der Waals surface area contributed by atoms with Crippen LogP contribution in [0.5, 0.6) is 5.75 Å². The number of hydrogen-bond acceptors (Lipinski definition) is 4. The highest BCUT2D eigenvalue weighted by atomic mass is 79.9. The molecule has 2 aromatic rings. The summed E-state index contributed by atoms with van der Waals surface area (Å²) in [6, 6.07) is 11.4. The maximum absolute atomic E-state index is 12.5. The van der Waals surface area contributed by atoms with Crippen molar-refractivity contribution in [3.05, 3.63) is 57.6 Å². The lowest BCUT2D eigenvalue weighted by Gasteiger charge is -2.14. The van der Waals surface area contributed by atoms with Crippen molar-refractivity contribution in [2.24, 2.45) is 0 Å². The fourth-order valence-electron chi connectivity index (χ4n) is 2.09. The van der Waals surface area contributed by atoms with Crippen molar-refractivity contribution >= 4 is 27.4 Å². The standard InChI is InChI=1S/C17H13BrF2N2O2/c1-10(23)11-2-3-12(8-21)15(7-11)22-9-13-6-14(18)4-5-16(13)24-17(19)20/h2-7,17,22H,9H2,1H3. The molecule has 24 heavy (non-hydrogen) atoms. The van der Waals surface area contributed by atoms with Gasteiger partial charge < -0.3 is 10.1 Å². The lowest BCUT2D eigenvalue weighted by Crippen LogP contribution is -2.08. The molecule has 0 aliphatic carbocycles. The van der Waals surface area contributed by atoms with Crippen molar-refractivity contribution in [3.8, 4) is 11.8 Å². The third-order valence-electron chi connectivity index (χ3n) is 3.25. The molecular formula is C17H13BrF2N2O2. The largest absolute Gasteiger partial charge is 0.434 e. The van der Waals surface area contributed by atoms with Crippen LogP contribution in [0.4, 0.5) is 14.5 Å². The van der Waals surface area contributed by atoms with E-state index in [-0.39, 0.29) is 18.1 Å². The van der Waals surface area contributed by atoms with Crippen LogP contribution in [-0.2, 0) is 6.54 Å². The Kier molecular flexibility index (Phi) is 5.88. The molecule has 4 nitrogen and oxygen atoms in total. The van der Waals surface area contributed by atoms with Crippen molar-refractivity contribution in [1.82, 2.24) is 0 Å². The third kappa shape index (κ3) is 4.52. The molecule has 0 heterocycles. The van der Waals surface area contributed by atoms with Crippen LogP contribution in [0.1, 0.15) is 28.4 Å². The fourth-order valence-corrected chi connectivity index (χ4v) is 2.50. The van der Waals surface area contributed by atoms with E-state index in [4.69, 9.17) is 5.26 Å². The highest BCUT2D eigenvalue weighted by Crippen LogP contribution is 2.26. The summed E-state index contributed by atoms with van der Waals surface area (Å²) in [5.41, 5.74) is 1.75. The van der Waals surface area contributed by atoms with E-state index in [0.29, 0.717) is 26.9 Å². The van der Waals surface area contributed by atoms with Gasteiger partial charge in [-0.2, -0.15) is 14.0 Å². The SMILES string of the molecule is CC(=O)c1ccc(C#N)c(NCc2cc(Br)ccc2OC(F)F)c1. The number of benzene rings is 2. The first kappa shape index (κ1) is 17.9. The minimum absolute atomic E-state index is 0.0435. The Hall–Kier alpha value is -2.46. The second kappa shape index (κ2) is 7.88. The first-order valence-electron chi connectivity index (χ1n) is 6.93. The van der Waals surface area contributed by atoms with E-state index in [1.165, 1.54) is 19.1 Å². The molecule has 7 heteroatoms. The molecule has 0 fully saturated rings. The first-order valence-corrected chi connectivity index (χ1v) is 7.72.